The molecule has 1 saturated heterocycles. The van der Waals surface area contributed by atoms with Gasteiger partial charge in [-0.3, -0.25) is 14.6 Å². The van der Waals surface area contributed by atoms with Crippen LogP contribution in [0.3, 0.4) is 0 Å². The lowest BCUT2D eigenvalue weighted by atomic mass is 9.94. The monoisotopic (exact) mass is 483 g/mol. The minimum Gasteiger partial charge on any atom is -0.507 e. The summed E-state index contributed by atoms with van der Waals surface area (Å²) in [7, 11) is 0. The van der Waals surface area contributed by atoms with E-state index >= 15 is 0 Å². The molecule has 7 heteroatoms. The van der Waals surface area contributed by atoms with Gasteiger partial charge in [0.1, 0.15) is 11.5 Å². The van der Waals surface area contributed by atoms with Crippen molar-refractivity contribution in [3.8, 4) is 5.75 Å². The number of hydrogen-bond acceptors (Lipinski definition) is 6. The number of aliphatic hydroxyl groups is 1. The van der Waals surface area contributed by atoms with Crippen LogP contribution >= 0.6 is 0 Å². The molecular weight excluding hydrogens is 454 g/mol. The van der Waals surface area contributed by atoms with E-state index in [1.54, 1.807) is 24.5 Å². The van der Waals surface area contributed by atoms with E-state index in [4.69, 9.17) is 4.74 Å². The first-order valence-corrected chi connectivity index (χ1v) is 12.3. The summed E-state index contributed by atoms with van der Waals surface area (Å²) in [5.74, 6) is -0.696. The molecule has 2 aliphatic rings. The molecule has 5 rings (SSSR count). The number of likely N-dealkylation sites (tertiary alicyclic amines) is 1. The second-order valence-electron chi connectivity index (χ2n) is 8.97. The maximum absolute atomic E-state index is 13.4. The smallest absolute Gasteiger partial charge is 0.295 e. The number of aliphatic hydroxyl groups excluding tert-OH is 1. The van der Waals surface area contributed by atoms with Crippen LogP contribution in [0.2, 0.25) is 0 Å². The van der Waals surface area contributed by atoms with E-state index in [1.165, 1.54) is 4.90 Å². The van der Waals surface area contributed by atoms with Crippen LogP contribution in [-0.2, 0) is 22.6 Å². The lowest BCUT2D eigenvalue weighted by Gasteiger charge is -2.27. The summed E-state index contributed by atoms with van der Waals surface area (Å²) in [6.07, 6.45) is 4.06. The minimum atomic E-state index is -0.714. The summed E-state index contributed by atoms with van der Waals surface area (Å²) >= 11 is 0. The van der Waals surface area contributed by atoms with Crippen molar-refractivity contribution >= 4 is 23.1 Å². The van der Waals surface area contributed by atoms with Crippen molar-refractivity contribution in [2.75, 3.05) is 24.6 Å². The number of rotatable bonds is 7. The molecule has 3 aromatic rings. The molecule has 0 spiro atoms. The molecule has 0 saturated carbocycles. The van der Waals surface area contributed by atoms with Gasteiger partial charge in [0.05, 0.1) is 18.2 Å². The highest BCUT2D eigenvalue weighted by Gasteiger charge is 2.46. The third-order valence-electron chi connectivity index (χ3n) is 6.94. The molecule has 3 heterocycles. The number of amides is 1. The van der Waals surface area contributed by atoms with Crippen molar-refractivity contribution in [1.82, 2.24) is 9.88 Å². The summed E-state index contributed by atoms with van der Waals surface area (Å²) in [6.45, 7) is 6.77. The number of aromatic nitrogens is 1. The van der Waals surface area contributed by atoms with Gasteiger partial charge in [-0.15, -0.1) is 0 Å². The Balaban J connectivity index is 1.61. The number of ether oxygens (including phenoxy) is 1. The number of fused-ring (bicyclic) bond motifs is 1. The molecule has 7 nitrogen and oxygen atoms in total. The van der Waals surface area contributed by atoms with Crippen molar-refractivity contribution in [2.24, 2.45) is 0 Å². The zero-order valence-electron chi connectivity index (χ0n) is 20.5. The summed E-state index contributed by atoms with van der Waals surface area (Å²) < 4.78 is 5.58. The molecule has 184 valence electrons. The average Bonchev–Trinajstić information content (AvgIpc) is 3.48. The van der Waals surface area contributed by atoms with E-state index in [2.05, 4.69) is 23.7 Å². The van der Waals surface area contributed by atoms with Crippen LogP contribution in [0.1, 0.15) is 42.1 Å². The van der Waals surface area contributed by atoms with Crippen LogP contribution in [0.5, 0.6) is 5.75 Å². The number of carbonyl (C=O) groups is 2. The molecule has 1 aromatic heterocycles. The Kier molecular flexibility index (Phi) is 6.46. The summed E-state index contributed by atoms with van der Waals surface area (Å²) in [5, 5.41) is 11.4. The minimum absolute atomic E-state index is 0.100. The number of hydrogen-bond donors (Lipinski definition) is 1. The predicted molar refractivity (Wildman–Crippen MR) is 138 cm³/mol. The Morgan fingerprint density at radius 2 is 1.78 bits per heavy atom. The van der Waals surface area contributed by atoms with Gasteiger partial charge in [-0.25, -0.2) is 0 Å². The van der Waals surface area contributed by atoms with Gasteiger partial charge in [-0.05, 0) is 73.0 Å². The fourth-order valence-corrected chi connectivity index (χ4v) is 5.02. The van der Waals surface area contributed by atoms with E-state index < -0.39 is 17.7 Å². The van der Waals surface area contributed by atoms with Gasteiger partial charge in [0.25, 0.3) is 11.7 Å². The predicted octanol–water partition coefficient (Wildman–Crippen LogP) is 4.48. The lowest BCUT2D eigenvalue weighted by molar-refractivity contribution is -0.140. The molecule has 1 fully saturated rings. The van der Waals surface area contributed by atoms with Crippen molar-refractivity contribution in [3.63, 3.8) is 0 Å². The normalized spacial score (nSPS) is 18.3. The summed E-state index contributed by atoms with van der Waals surface area (Å²) in [4.78, 5) is 34.4. The van der Waals surface area contributed by atoms with Gasteiger partial charge in [0.15, 0.2) is 0 Å². The quantitative estimate of drug-likeness (QED) is 0.303. The average molecular weight is 484 g/mol. The van der Waals surface area contributed by atoms with Crippen LogP contribution in [0.4, 0.5) is 5.69 Å². The number of carbonyl (C=O) groups excluding carboxylic acids is 2. The molecule has 0 radical (unpaired) electrons. The molecule has 1 amide bonds. The molecule has 1 unspecified atom stereocenters. The maximum Gasteiger partial charge on any atom is 0.295 e. The molecule has 2 aromatic carbocycles. The highest BCUT2D eigenvalue weighted by atomic mass is 16.5. The molecular formula is C29H29N3O4. The van der Waals surface area contributed by atoms with E-state index in [0.717, 1.165) is 47.6 Å². The van der Waals surface area contributed by atoms with Gasteiger partial charge in [0, 0.05) is 49.7 Å². The maximum atomic E-state index is 13.4. The summed E-state index contributed by atoms with van der Waals surface area (Å²) in [6, 6.07) is 16.2. The first-order valence-electron chi connectivity index (χ1n) is 12.3. The van der Waals surface area contributed by atoms with Crippen molar-refractivity contribution < 1.29 is 19.4 Å². The van der Waals surface area contributed by atoms with Crippen molar-refractivity contribution in [3.05, 3.63) is 94.8 Å². The third-order valence-corrected chi connectivity index (χ3v) is 6.94. The van der Waals surface area contributed by atoms with Crippen LogP contribution in [0.15, 0.2) is 72.6 Å². The first kappa shape index (κ1) is 23.6. The van der Waals surface area contributed by atoms with Crippen LogP contribution in [0.25, 0.3) is 5.76 Å². The van der Waals surface area contributed by atoms with Crippen LogP contribution in [0, 0.1) is 0 Å². The largest absolute Gasteiger partial charge is 0.507 e. The van der Waals surface area contributed by atoms with E-state index in [9.17, 15) is 14.7 Å². The number of anilines is 1. The second kappa shape index (κ2) is 9.85. The fraction of sp³-hybridized carbons (Fsp3) is 0.276. The zero-order valence-corrected chi connectivity index (χ0v) is 20.5. The van der Waals surface area contributed by atoms with E-state index in [1.807, 2.05) is 42.5 Å². The standard InChI is InChI=1S/C29H29N3O4/c1-3-31(4-2)23-8-5-20(6-9-23)26-25(27(33)22-7-10-24-21(17-22)13-16-36-24)28(34)29(35)32(26)18-19-11-14-30-15-12-19/h5-12,14-15,17,26,33H,3-4,13,16,18H2,1-2H3/b27-25-. The van der Waals surface area contributed by atoms with Crippen molar-refractivity contribution in [1.29, 1.82) is 0 Å². The van der Waals surface area contributed by atoms with Gasteiger partial charge in [-0.1, -0.05) is 12.1 Å². The van der Waals surface area contributed by atoms with Gasteiger partial charge < -0.3 is 19.6 Å². The highest BCUT2D eigenvalue weighted by Crippen LogP contribution is 2.41. The Labute approximate surface area is 210 Å². The zero-order chi connectivity index (χ0) is 25.2. The third kappa shape index (κ3) is 4.21. The van der Waals surface area contributed by atoms with Gasteiger partial charge >= 0.3 is 0 Å². The van der Waals surface area contributed by atoms with Crippen molar-refractivity contribution in [2.45, 2.75) is 32.9 Å². The number of ketones is 1. The fourth-order valence-electron chi connectivity index (χ4n) is 5.02. The molecule has 2 aliphatic heterocycles. The number of nitrogens with zero attached hydrogens (tertiary/aromatic N) is 3. The lowest BCUT2D eigenvalue weighted by Crippen LogP contribution is -2.29. The van der Waals surface area contributed by atoms with E-state index in [0.29, 0.717) is 12.2 Å². The van der Waals surface area contributed by atoms with Crippen LogP contribution in [-0.4, -0.2) is 46.4 Å². The topological polar surface area (TPSA) is 83.0 Å². The molecule has 36 heavy (non-hydrogen) atoms. The molecule has 1 atom stereocenters. The Morgan fingerprint density at radius 3 is 2.47 bits per heavy atom. The Bertz CT molecular complexity index is 1310. The number of benzene rings is 2. The second-order valence-corrected chi connectivity index (χ2v) is 8.97. The van der Waals surface area contributed by atoms with Gasteiger partial charge in [0.2, 0.25) is 0 Å². The molecule has 1 N–H and O–H groups in total. The number of Topliss-reactive ketones (excluding diaryl/α,β-unsaturated/α-hetero) is 1. The van der Waals surface area contributed by atoms with E-state index in [-0.39, 0.29) is 17.9 Å². The molecule has 0 aliphatic carbocycles. The number of pyridine rings is 1. The van der Waals surface area contributed by atoms with Crippen LogP contribution < -0.4 is 9.64 Å². The van der Waals surface area contributed by atoms with Gasteiger partial charge in [-0.2, -0.15) is 0 Å². The summed E-state index contributed by atoms with van der Waals surface area (Å²) in [5.41, 5.74) is 4.27. The SMILES string of the molecule is CCN(CC)c1ccc(C2/C(=C(/O)c3ccc4c(c3)CCO4)C(=O)C(=O)N2Cc2ccncc2)cc1. The first-order chi connectivity index (χ1) is 17.5. The Morgan fingerprint density at radius 1 is 1.06 bits per heavy atom. The highest BCUT2D eigenvalue weighted by molar-refractivity contribution is 6.46. The Hall–Kier alpha value is -4.13. The molecule has 0 bridgehead atoms.